The van der Waals surface area contributed by atoms with Crippen molar-refractivity contribution in [3.8, 4) is 23.1 Å². The van der Waals surface area contributed by atoms with Crippen molar-refractivity contribution in [1.82, 2.24) is 24.7 Å². The van der Waals surface area contributed by atoms with Gasteiger partial charge in [0.15, 0.2) is 5.82 Å². The van der Waals surface area contributed by atoms with Crippen LogP contribution in [0.5, 0.6) is 5.75 Å². The van der Waals surface area contributed by atoms with Gasteiger partial charge in [0.2, 0.25) is 5.28 Å². The Morgan fingerprint density at radius 1 is 1.14 bits per heavy atom. The molecule has 0 bridgehead atoms. The standard InChI is InChI=1S/C13H9Cl2N5O/c1-21-10-7-8(3-4-9(10)14)11-17-12(15)19-13(18-11)20-6-2-5-16-20/h2-7H,1H3. The van der Waals surface area contributed by atoms with Crippen LogP contribution < -0.4 is 4.74 Å². The summed E-state index contributed by atoms with van der Waals surface area (Å²) >= 11 is 12.0. The number of methoxy groups -OCH3 is 1. The van der Waals surface area contributed by atoms with Gasteiger partial charge in [0.05, 0.1) is 12.1 Å². The maximum atomic E-state index is 6.01. The zero-order valence-corrected chi connectivity index (χ0v) is 12.4. The van der Waals surface area contributed by atoms with Crippen LogP contribution in [-0.2, 0) is 0 Å². The van der Waals surface area contributed by atoms with Crippen LogP contribution in [0.25, 0.3) is 17.3 Å². The molecule has 3 aromatic rings. The van der Waals surface area contributed by atoms with Gasteiger partial charge in [-0.3, -0.25) is 0 Å². The monoisotopic (exact) mass is 321 g/mol. The molecule has 0 atom stereocenters. The molecule has 2 aromatic heterocycles. The third-order valence-electron chi connectivity index (χ3n) is 2.71. The summed E-state index contributed by atoms with van der Waals surface area (Å²) in [6, 6.07) is 6.99. The average Bonchev–Trinajstić information content (AvgIpc) is 3.01. The van der Waals surface area contributed by atoms with Gasteiger partial charge in [0, 0.05) is 18.0 Å². The van der Waals surface area contributed by atoms with E-state index in [9.17, 15) is 0 Å². The molecule has 8 heteroatoms. The molecule has 0 unspecified atom stereocenters. The van der Waals surface area contributed by atoms with E-state index in [1.807, 2.05) is 0 Å². The number of rotatable bonds is 3. The van der Waals surface area contributed by atoms with Crippen molar-refractivity contribution < 1.29 is 4.74 Å². The Morgan fingerprint density at radius 2 is 2.00 bits per heavy atom. The Labute approximate surface area is 130 Å². The van der Waals surface area contributed by atoms with Gasteiger partial charge in [-0.15, -0.1) is 0 Å². The average molecular weight is 322 g/mol. The lowest BCUT2D eigenvalue weighted by Gasteiger charge is -2.07. The van der Waals surface area contributed by atoms with Crippen LogP contribution in [0.4, 0.5) is 0 Å². The molecule has 21 heavy (non-hydrogen) atoms. The minimum Gasteiger partial charge on any atom is -0.495 e. The molecule has 0 saturated carbocycles. The topological polar surface area (TPSA) is 65.7 Å². The quantitative estimate of drug-likeness (QED) is 0.741. The molecule has 0 spiro atoms. The number of nitrogens with zero attached hydrogens (tertiary/aromatic N) is 5. The highest BCUT2D eigenvalue weighted by Gasteiger charge is 2.11. The smallest absolute Gasteiger partial charge is 0.255 e. The Kier molecular flexibility index (Phi) is 3.72. The molecular formula is C13H9Cl2N5O. The van der Waals surface area contributed by atoms with Gasteiger partial charge in [-0.1, -0.05) is 11.6 Å². The maximum absolute atomic E-state index is 6.01. The summed E-state index contributed by atoms with van der Waals surface area (Å²) in [4.78, 5) is 12.5. The van der Waals surface area contributed by atoms with Gasteiger partial charge < -0.3 is 4.74 Å². The molecular weight excluding hydrogens is 313 g/mol. The molecule has 0 aliphatic heterocycles. The van der Waals surface area contributed by atoms with Crippen molar-refractivity contribution in [2.45, 2.75) is 0 Å². The van der Waals surface area contributed by atoms with E-state index in [1.54, 1.807) is 43.8 Å². The second-order valence-electron chi connectivity index (χ2n) is 4.03. The van der Waals surface area contributed by atoms with Crippen LogP contribution in [0.3, 0.4) is 0 Å². The normalized spacial score (nSPS) is 10.6. The van der Waals surface area contributed by atoms with E-state index in [4.69, 9.17) is 27.9 Å². The predicted octanol–water partition coefficient (Wildman–Crippen LogP) is 3.04. The van der Waals surface area contributed by atoms with Gasteiger partial charge in [-0.25, -0.2) is 4.68 Å². The molecule has 0 aliphatic carbocycles. The first-order valence-electron chi connectivity index (χ1n) is 5.93. The third-order valence-corrected chi connectivity index (χ3v) is 3.20. The van der Waals surface area contributed by atoms with Gasteiger partial charge in [-0.05, 0) is 35.9 Å². The summed E-state index contributed by atoms with van der Waals surface area (Å²) in [5, 5.41) is 4.66. The van der Waals surface area contributed by atoms with Crippen LogP contribution in [0, 0.1) is 0 Å². The molecule has 0 amide bonds. The second kappa shape index (κ2) is 5.67. The van der Waals surface area contributed by atoms with E-state index in [1.165, 1.54) is 4.68 Å². The Morgan fingerprint density at radius 3 is 2.71 bits per heavy atom. The number of halogens is 2. The molecule has 3 rings (SSSR count). The fraction of sp³-hybridized carbons (Fsp3) is 0.0769. The van der Waals surface area contributed by atoms with Crippen LogP contribution >= 0.6 is 23.2 Å². The predicted molar refractivity (Wildman–Crippen MR) is 79.0 cm³/mol. The Balaban J connectivity index is 2.10. The Bertz CT molecular complexity index is 776. The van der Waals surface area contributed by atoms with Crippen molar-refractivity contribution >= 4 is 23.2 Å². The largest absolute Gasteiger partial charge is 0.495 e. The van der Waals surface area contributed by atoms with Gasteiger partial charge in [0.25, 0.3) is 5.95 Å². The van der Waals surface area contributed by atoms with E-state index in [0.29, 0.717) is 28.1 Å². The summed E-state index contributed by atoms with van der Waals surface area (Å²) < 4.78 is 6.69. The van der Waals surface area contributed by atoms with Gasteiger partial charge in [-0.2, -0.15) is 20.1 Å². The molecule has 0 fully saturated rings. The fourth-order valence-corrected chi connectivity index (χ4v) is 2.11. The van der Waals surface area contributed by atoms with Crippen molar-refractivity contribution in [2.24, 2.45) is 0 Å². The highest BCUT2D eigenvalue weighted by Crippen LogP contribution is 2.29. The summed E-state index contributed by atoms with van der Waals surface area (Å²) in [5.41, 5.74) is 0.717. The number of benzene rings is 1. The number of ether oxygens (including phenoxy) is 1. The van der Waals surface area contributed by atoms with Crippen LogP contribution in [0.1, 0.15) is 0 Å². The first-order chi connectivity index (χ1) is 10.2. The second-order valence-corrected chi connectivity index (χ2v) is 4.77. The molecule has 0 N–H and O–H groups in total. The molecule has 2 heterocycles. The maximum Gasteiger partial charge on any atom is 0.255 e. The van der Waals surface area contributed by atoms with E-state index >= 15 is 0 Å². The van der Waals surface area contributed by atoms with Crippen molar-refractivity contribution in [3.05, 3.63) is 47.0 Å². The summed E-state index contributed by atoms with van der Waals surface area (Å²) in [7, 11) is 1.54. The lowest BCUT2D eigenvalue weighted by atomic mass is 10.2. The molecule has 106 valence electrons. The summed E-state index contributed by atoms with van der Waals surface area (Å²) in [6.07, 6.45) is 3.35. The molecule has 6 nitrogen and oxygen atoms in total. The SMILES string of the molecule is COc1cc(-c2nc(Cl)nc(-n3cccn3)n2)ccc1Cl. The van der Waals surface area contributed by atoms with E-state index in [0.717, 1.165) is 0 Å². The Hall–Kier alpha value is -2.18. The molecule has 0 radical (unpaired) electrons. The molecule has 1 aromatic carbocycles. The lowest BCUT2D eigenvalue weighted by Crippen LogP contribution is -2.05. The van der Waals surface area contributed by atoms with E-state index in [2.05, 4.69) is 20.1 Å². The first kappa shape index (κ1) is 13.8. The van der Waals surface area contributed by atoms with Gasteiger partial charge >= 0.3 is 0 Å². The zero-order valence-electron chi connectivity index (χ0n) is 10.9. The summed E-state index contributed by atoms with van der Waals surface area (Å²) in [6.45, 7) is 0. The lowest BCUT2D eigenvalue weighted by molar-refractivity contribution is 0.415. The number of aromatic nitrogens is 5. The van der Waals surface area contributed by atoms with Gasteiger partial charge in [0.1, 0.15) is 5.75 Å². The summed E-state index contributed by atoms with van der Waals surface area (Å²) in [5.74, 6) is 1.28. The minimum absolute atomic E-state index is 0.0828. The van der Waals surface area contributed by atoms with E-state index in [-0.39, 0.29) is 5.28 Å². The van der Waals surface area contributed by atoms with Crippen LogP contribution in [-0.4, -0.2) is 31.8 Å². The third kappa shape index (κ3) is 2.81. The minimum atomic E-state index is 0.0828. The van der Waals surface area contributed by atoms with Crippen molar-refractivity contribution in [2.75, 3.05) is 7.11 Å². The van der Waals surface area contributed by atoms with Crippen LogP contribution in [0.2, 0.25) is 10.3 Å². The number of hydrogen-bond donors (Lipinski definition) is 0. The highest BCUT2D eigenvalue weighted by atomic mass is 35.5. The number of hydrogen-bond acceptors (Lipinski definition) is 5. The first-order valence-corrected chi connectivity index (χ1v) is 6.68. The van der Waals surface area contributed by atoms with Crippen molar-refractivity contribution in [1.29, 1.82) is 0 Å². The van der Waals surface area contributed by atoms with Crippen LogP contribution in [0.15, 0.2) is 36.7 Å². The highest BCUT2D eigenvalue weighted by molar-refractivity contribution is 6.32. The zero-order chi connectivity index (χ0) is 14.8. The van der Waals surface area contributed by atoms with Crippen molar-refractivity contribution in [3.63, 3.8) is 0 Å². The molecule has 0 aliphatic rings. The van der Waals surface area contributed by atoms with E-state index < -0.39 is 0 Å². The fourth-order valence-electron chi connectivity index (χ4n) is 1.76. The molecule has 0 saturated heterocycles.